The third kappa shape index (κ3) is 5.21. The molecule has 0 radical (unpaired) electrons. The van der Waals surface area contributed by atoms with Gasteiger partial charge in [-0.1, -0.05) is 86.2 Å². The molecule has 0 heterocycles. The standard InChI is InChI=1S/C33H36O2P/c1-25(20-21-30-26(2)32(35)31(34)24-33(30,3)4)22-23-36(27-14-8-5-9-15-27,28-16-10-6-11-17-28)29-18-12-7-13-19-29/h5-22,31,34H,23-24H2,1-4H3/q+1/b21-20+,25-22?. The van der Waals surface area contributed by atoms with Crippen LogP contribution in [0.25, 0.3) is 0 Å². The molecule has 0 bridgehead atoms. The average molecular weight is 496 g/mol. The molecule has 3 aromatic carbocycles. The van der Waals surface area contributed by atoms with Crippen LogP contribution in [-0.4, -0.2) is 23.2 Å². The van der Waals surface area contributed by atoms with Crippen LogP contribution in [0.3, 0.4) is 0 Å². The number of carbonyl (C=O) groups is 1. The zero-order chi connectivity index (χ0) is 25.8. The van der Waals surface area contributed by atoms with Crippen molar-refractivity contribution in [2.45, 2.75) is 40.2 Å². The number of rotatable bonds is 7. The highest BCUT2D eigenvalue weighted by Gasteiger charge is 2.44. The van der Waals surface area contributed by atoms with Crippen LogP contribution in [0, 0.1) is 5.41 Å². The van der Waals surface area contributed by atoms with Crippen LogP contribution in [0.5, 0.6) is 0 Å². The maximum absolute atomic E-state index is 12.4. The maximum Gasteiger partial charge on any atom is 0.187 e. The lowest BCUT2D eigenvalue weighted by Gasteiger charge is -2.34. The molecule has 36 heavy (non-hydrogen) atoms. The van der Waals surface area contributed by atoms with Crippen molar-refractivity contribution in [3.63, 3.8) is 0 Å². The van der Waals surface area contributed by atoms with Gasteiger partial charge in [-0.3, -0.25) is 4.79 Å². The van der Waals surface area contributed by atoms with E-state index >= 15 is 0 Å². The Balaban J connectivity index is 1.77. The first-order valence-electron chi connectivity index (χ1n) is 12.6. The Morgan fingerprint density at radius 1 is 0.889 bits per heavy atom. The second-order valence-corrected chi connectivity index (χ2v) is 13.8. The fourth-order valence-electron chi connectivity index (χ4n) is 5.30. The topological polar surface area (TPSA) is 37.3 Å². The first kappa shape index (κ1) is 26.0. The molecule has 1 aliphatic rings. The average Bonchev–Trinajstić information content (AvgIpc) is 2.89. The quantitative estimate of drug-likeness (QED) is 0.315. The van der Waals surface area contributed by atoms with Crippen molar-refractivity contribution in [2.24, 2.45) is 5.41 Å². The van der Waals surface area contributed by atoms with Gasteiger partial charge in [-0.2, -0.15) is 0 Å². The lowest BCUT2D eigenvalue weighted by Crippen LogP contribution is -2.35. The summed E-state index contributed by atoms with van der Waals surface area (Å²) in [7, 11) is -1.93. The maximum atomic E-state index is 12.4. The second-order valence-electron chi connectivity index (χ2n) is 10.3. The molecule has 0 aromatic heterocycles. The smallest absolute Gasteiger partial charge is 0.187 e. The molecule has 1 aliphatic carbocycles. The van der Waals surface area contributed by atoms with Gasteiger partial charge in [0.15, 0.2) is 5.78 Å². The fourth-order valence-corrected chi connectivity index (χ4v) is 9.43. The summed E-state index contributed by atoms with van der Waals surface area (Å²) in [6.07, 6.45) is 7.01. The van der Waals surface area contributed by atoms with E-state index in [0.29, 0.717) is 12.0 Å². The van der Waals surface area contributed by atoms with Crippen molar-refractivity contribution >= 4 is 29.0 Å². The largest absolute Gasteiger partial charge is 0.385 e. The number of benzene rings is 3. The molecule has 1 atom stereocenters. The molecular weight excluding hydrogens is 459 g/mol. The van der Waals surface area contributed by atoms with Gasteiger partial charge in [0.05, 0.1) is 6.16 Å². The third-order valence-corrected chi connectivity index (χ3v) is 11.6. The first-order valence-corrected chi connectivity index (χ1v) is 14.6. The monoisotopic (exact) mass is 495 g/mol. The Morgan fingerprint density at radius 3 is 1.78 bits per heavy atom. The summed E-state index contributed by atoms with van der Waals surface area (Å²) in [5, 5.41) is 14.3. The minimum atomic E-state index is -1.93. The SMILES string of the molecule is CC(=CC[P+](c1ccccc1)(c1ccccc1)c1ccccc1)/C=C/C1=C(C)C(=O)C(O)CC1(C)C. The highest BCUT2D eigenvalue weighted by atomic mass is 31.2. The second kappa shape index (κ2) is 10.9. The molecule has 0 spiro atoms. The Bertz CT molecular complexity index is 1190. The number of hydrogen-bond donors (Lipinski definition) is 1. The van der Waals surface area contributed by atoms with Gasteiger partial charge >= 0.3 is 0 Å². The number of Topliss-reactive ketones (excluding diaryl/α,β-unsaturated/α-hetero) is 1. The molecule has 0 fully saturated rings. The summed E-state index contributed by atoms with van der Waals surface area (Å²) in [5.41, 5.74) is 2.60. The molecule has 3 heteroatoms. The van der Waals surface area contributed by atoms with E-state index in [1.807, 2.05) is 6.92 Å². The van der Waals surface area contributed by atoms with E-state index in [-0.39, 0.29) is 11.2 Å². The predicted octanol–water partition coefficient (Wildman–Crippen LogP) is 6.16. The van der Waals surface area contributed by atoms with Crippen molar-refractivity contribution in [3.05, 3.63) is 126 Å². The van der Waals surface area contributed by atoms with Crippen molar-refractivity contribution in [3.8, 4) is 0 Å². The van der Waals surface area contributed by atoms with Crippen molar-refractivity contribution < 1.29 is 9.90 Å². The van der Waals surface area contributed by atoms with Crippen LogP contribution in [0.1, 0.15) is 34.1 Å². The molecule has 1 N–H and O–H groups in total. The Labute approximate surface area is 216 Å². The number of ketones is 1. The summed E-state index contributed by atoms with van der Waals surface area (Å²) in [6, 6.07) is 32.7. The lowest BCUT2D eigenvalue weighted by atomic mass is 9.71. The van der Waals surface area contributed by atoms with Gasteiger partial charge in [0, 0.05) is 0 Å². The Hall–Kier alpha value is -3.06. The molecule has 0 amide bonds. The molecule has 2 nitrogen and oxygen atoms in total. The zero-order valence-corrected chi connectivity index (χ0v) is 22.6. The predicted molar refractivity (Wildman–Crippen MR) is 155 cm³/mol. The molecule has 1 unspecified atom stereocenters. The summed E-state index contributed by atoms with van der Waals surface area (Å²) in [4.78, 5) is 12.4. The number of aliphatic hydroxyl groups excluding tert-OH is 1. The molecule has 3 aromatic rings. The highest BCUT2D eigenvalue weighted by Crippen LogP contribution is 2.55. The number of carbonyl (C=O) groups excluding carboxylic acids is 1. The molecule has 184 valence electrons. The van der Waals surface area contributed by atoms with E-state index in [2.05, 4.69) is 130 Å². The van der Waals surface area contributed by atoms with E-state index < -0.39 is 13.4 Å². The highest BCUT2D eigenvalue weighted by molar-refractivity contribution is 7.95. The van der Waals surface area contributed by atoms with E-state index in [1.165, 1.54) is 15.9 Å². The van der Waals surface area contributed by atoms with Crippen LogP contribution in [0.4, 0.5) is 0 Å². The molecule has 0 saturated heterocycles. The van der Waals surface area contributed by atoms with Gasteiger partial charge in [-0.05, 0) is 79.3 Å². The number of aliphatic hydroxyl groups is 1. The van der Waals surface area contributed by atoms with Gasteiger partial charge in [0.1, 0.15) is 29.3 Å². The summed E-state index contributed by atoms with van der Waals surface area (Å²) in [5.74, 6) is -0.155. The fraction of sp³-hybridized carbons (Fsp3) is 0.242. The first-order chi connectivity index (χ1) is 17.3. The van der Waals surface area contributed by atoms with E-state index in [4.69, 9.17) is 0 Å². The summed E-state index contributed by atoms with van der Waals surface area (Å²) >= 11 is 0. The zero-order valence-electron chi connectivity index (χ0n) is 21.7. The summed E-state index contributed by atoms with van der Waals surface area (Å²) in [6.45, 7) is 8.17. The third-order valence-electron chi connectivity index (χ3n) is 7.30. The van der Waals surface area contributed by atoms with Crippen LogP contribution in [0.2, 0.25) is 0 Å². The molecule has 4 rings (SSSR count). The van der Waals surface area contributed by atoms with Crippen LogP contribution < -0.4 is 15.9 Å². The van der Waals surface area contributed by atoms with E-state index in [0.717, 1.165) is 17.3 Å². The molecule has 0 aliphatic heterocycles. The normalized spacial score (nSPS) is 18.6. The van der Waals surface area contributed by atoms with Crippen molar-refractivity contribution in [1.29, 1.82) is 0 Å². The minimum Gasteiger partial charge on any atom is -0.385 e. The van der Waals surface area contributed by atoms with Crippen molar-refractivity contribution in [1.82, 2.24) is 0 Å². The van der Waals surface area contributed by atoms with Crippen LogP contribution >= 0.6 is 7.26 Å². The van der Waals surface area contributed by atoms with Crippen LogP contribution in [-0.2, 0) is 4.79 Å². The Morgan fingerprint density at radius 2 is 1.33 bits per heavy atom. The van der Waals surface area contributed by atoms with Gasteiger partial charge in [-0.15, -0.1) is 0 Å². The molecular formula is C33H36O2P+. The van der Waals surface area contributed by atoms with E-state index in [1.54, 1.807) is 0 Å². The summed E-state index contributed by atoms with van der Waals surface area (Å²) < 4.78 is 0. The van der Waals surface area contributed by atoms with Gasteiger partial charge < -0.3 is 5.11 Å². The lowest BCUT2D eigenvalue weighted by molar-refractivity contribution is -0.125. The van der Waals surface area contributed by atoms with Crippen molar-refractivity contribution in [2.75, 3.05) is 6.16 Å². The number of allylic oxidation sites excluding steroid dienone is 5. The number of hydrogen-bond acceptors (Lipinski definition) is 2. The Kier molecular flexibility index (Phi) is 7.88. The van der Waals surface area contributed by atoms with E-state index in [9.17, 15) is 9.90 Å². The van der Waals surface area contributed by atoms with Crippen LogP contribution in [0.15, 0.2) is 126 Å². The van der Waals surface area contributed by atoms with Gasteiger partial charge in [-0.25, -0.2) is 0 Å². The van der Waals surface area contributed by atoms with Gasteiger partial charge in [0.2, 0.25) is 0 Å². The van der Waals surface area contributed by atoms with Gasteiger partial charge in [0.25, 0.3) is 0 Å². The molecule has 0 saturated carbocycles. The minimum absolute atomic E-state index is 0.155.